The van der Waals surface area contributed by atoms with E-state index >= 15 is 0 Å². The van der Waals surface area contributed by atoms with E-state index in [1.54, 1.807) is 26.0 Å². The summed E-state index contributed by atoms with van der Waals surface area (Å²) in [4.78, 5) is 19.9. The Balaban J connectivity index is 0.000000357. The van der Waals surface area contributed by atoms with Crippen LogP contribution < -0.4 is 11.1 Å². The zero-order valence-corrected chi connectivity index (χ0v) is 20.3. The SMILES string of the molecule is CCOC(=O)c1cnc(Nc2ccc(S(C)(=O)=O)c(C)c2)nc1N.OCCC1CCCCC1. The molecule has 10 heteroatoms. The average Bonchev–Trinajstić information content (AvgIpc) is 2.74. The fourth-order valence-corrected chi connectivity index (χ4v) is 4.71. The van der Waals surface area contributed by atoms with E-state index < -0.39 is 15.8 Å². The average molecular weight is 479 g/mol. The molecule has 0 atom stereocenters. The first-order valence-corrected chi connectivity index (χ1v) is 13.0. The van der Waals surface area contributed by atoms with Crippen molar-refractivity contribution in [2.45, 2.75) is 57.3 Å². The van der Waals surface area contributed by atoms with Crippen molar-refractivity contribution < 1.29 is 23.1 Å². The van der Waals surface area contributed by atoms with Crippen molar-refractivity contribution in [2.24, 2.45) is 5.92 Å². The van der Waals surface area contributed by atoms with E-state index in [1.807, 2.05) is 0 Å². The summed E-state index contributed by atoms with van der Waals surface area (Å²) in [7, 11) is -3.28. The Morgan fingerprint density at radius 3 is 2.52 bits per heavy atom. The van der Waals surface area contributed by atoms with Crippen LogP contribution in [0.1, 0.15) is 61.4 Å². The zero-order chi connectivity index (χ0) is 24.4. The number of nitrogen functional groups attached to an aromatic ring is 1. The highest BCUT2D eigenvalue weighted by atomic mass is 32.2. The van der Waals surface area contributed by atoms with Crippen molar-refractivity contribution in [1.82, 2.24) is 9.97 Å². The highest BCUT2D eigenvalue weighted by molar-refractivity contribution is 7.90. The van der Waals surface area contributed by atoms with Gasteiger partial charge in [-0.3, -0.25) is 0 Å². The molecule has 1 heterocycles. The predicted molar refractivity (Wildman–Crippen MR) is 128 cm³/mol. The number of benzene rings is 1. The van der Waals surface area contributed by atoms with E-state index in [2.05, 4.69) is 15.3 Å². The van der Waals surface area contributed by atoms with Crippen LogP contribution in [0, 0.1) is 12.8 Å². The highest BCUT2D eigenvalue weighted by Crippen LogP contribution is 2.25. The minimum Gasteiger partial charge on any atom is -0.462 e. The Kier molecular flexibility index (Phi) is 10.1. The first-order valence-electron chi connectivity index (χ1n) is 11.1. The molecule has 0 saturated heterocycles. The number of aromatic nitrogens is 2. The number of aryl methyl sites for hydroxylation is 1. The maximum absolute atomic E-state index is 11.7. The number of aliphatic hydroxyl groups excluding tert-OH is 1. The fraction of sp³-hybridized carbons (Fsp3) is 0.522. The van der Waals surface area contributed by atoms with E-state index in [1.165, 1.54) is 44.4 Å². The lowest BCUT2D eigenvalue weighted by atomic mass is 9.87. The number of nitrogens with zero attached hydrogens (tertiary/aromatic N) is 2. The van der Waals surface area contributed by atoms with Gasteiger partial charge in [0.2, 0.25) is 5.95 Å². The Hall–Kier alpha value is -2.72. The lowest BCUT2D eigenvalue weighted by Crippen LogP contribution is -2.11. The van der Waals surface area contributed by atoms with E-state index in [0.29, 0.717) is 17.9 Å². The molecule has 1 aliphatic carbocycles. The van der Waals surface area contributed by atoms with Crippen LogP contribution in [0.4, 0.5) is 17.5 Å². The molecule has 2 aromatic rings. The summed E-state index contributed by atoms with van der Waals surface area (Å²) < 4.78 is 28.1. The summed E-state index contributed by atoms with van der Waals surface area (Å²) in [5, 5.41) is 11.5. The predicted octanol–water partition coefficient (Wildman–Crippen LogP) is 3.64. The van der Waals surface area contributed by atoms with Crippen molar-refractivity contribution in [3.8, 4) is 0 Å². The van der Waals surface area contributed by atoms with Gasteiger partial charge in [-0.25, -0.2) is 18.2 Å². The normalized spacial score (nSPS) is 14.2. The van der Waals surface area contributed by atoms with Crippen molar-refractivity contribution in [1.29, 1.82) is 0 Å². The van der Waals surface area contributed by atoms with Crippen molar-refractivity contribution in [3.05, 3.63) is 35.5 Å². The molecule has 1 aliphatic rings. The molecule has 0 radical (unpaired) electrons. The number of carbonyl (C=O) groups is 1. The summed E-state index contributed by atoms with van der Waals surface area (Å²) >= 11 is 0. The number of anilines is 3. The summed E-state index contributed by atoms with van der Waals surface area (Å²) in [5.41, 5.74) is 7.03. The van der Waals surface area contributed by atoms with Crippen LogP contribution in [0.2, 0.25) is 0 Å². The van der Waals surface area contributed by atoms with Gasteiger partial charge in [-0.1, -0.05) is 32.1 Å². The quantitative estimate of drug-likeness (QED) is 0.508. The number of esters is 1. The smallest absolute Gasteiger partial charge is 0.343 e. The number of nitrogens with two attached hydrogens (primary N) is 1. The highest BCUT2D eigenvalue weighted by Gasteiger charge is 2.15. The second kappa shape index (κ2) is 12.5. The molecular formula is C23H34N4O5S. The van der Waals surface area contributed by atoms with E-state index in [0.717, 1.165) is 18.6 Å². The van der Waals surface area contributed by atoms with Crippen LogP contribution in [-0.2, 0) is 14.6 Å². The van der Waals surface area contributed by atoms with E-state index in [4.69, 9.17) is 15.6 Å². The van der Waals surface area contributed by atoms with Gasteiger partial charge in [0.1, 0.15) is 11.4 Å². The van der Waals surface area contributed by atoms with Crippen molar-refractivity contribution in [2.75, 3.05) is 30.5 Å². The van der Waals surface area contributed by atoms with Gasteiger partial charge in [0.25, 0.3) is 0 Å². The largest absolute Gasteiger partial charge is 0.462 e. The Labute approximate surface area is 195 Å². The topological polar surface area (TPSA) is 144 Å². The second-order valence-corrected chi connectivity index (χ2v) is 10.1. The van der Waals surface area contributed by atoms with Crippen LogP contribution in [0.3, 0.4) is 0 Å². The third-order valence-electron chi connectivity index (χ3n) is 5.41. The van der Waals surface area contributed by atoms with Gasteiger partial charge < -0.3 is 20.9 Å². The number of nitrogens with one attached hydrogen (secondary N) is 1. The van der Waals surface area contributed by atoms with E-state index in [9.17, 15) is 13.2 Å². The molecular weight excluding hydrogens is 444 g/mol. The van der Waals surface area contributed by atoms with Gasteiger partial charge in [0.05, 0.1) is 11.5 Å². The molecule has 1 aromatic heterocycles. The minimum atomic E-state index is -3.28. The van der Waals surface area contributed by atoms with Crippen LogP contribution in [0.15, 0.2) is 29.3 Å². The number of sulfone groups is 1. The third-order valence-corrected chi connectivity index (χ3v) is 6.66. The molecule has 0 bridgehead atoms. The molecule has 1 fully saturated rings. The number of hydrogen-bond acceptors (Lipinski definition) is 9. The maximum Gasteiger partial charge on any atom is 0.343 e. The van der Waals surface area contributed by atoms with E-state index in [-0.39, 0.29) is 28.8 Å². The fourth-order valence-electron chi connectivity index (χ4n) is 3.75. The second-order valence-electron chi connectivity index (χ2n) is 8.11. The molecule has 9 nitrogen and oxygen atoms in total. The molecule has 3 rings (SSSR count). The summed E-state index contributed by atoms with van der Waals surface area (Å²) in [6.45, 7) is 4.00. The Morgan fingerprint density at radius 1 is 1.27 bits per heavy atom. The molecule has 33 heavy (non-hydrogen) atoms. The first kappa shape index (κ1) is 26.5. The number of carbonyl (C=O) groups excluding carboxylic acids is 1. The molecule has 0 aliphatic heterocycles. The minimum absolute atomic E-state index is 0.00423. The van der Waals surface area contributed by atoms with Gasteiger partial charge in [-0.05, 0) is 49.9 Å². The molecule has 0 unspecified atom stereocenters. The molecule has 0 amide bonds. The molecule has 0 spiro atoms. The van der Waals surface area contributed by atoms with Gasteiger partial charge in [0, 0.05) is 24.7 Å². The number of aliphatic hydroxyl groups is 1. The number of rotatable bonds is 7. The molecule has 1 aromatic carbocycles. The number of hydrogen-bond donors (Lipinski definition) is 3. The summed E-state index contributed by atoms with van der Waals surface area (Å²) in [6.07, 6.45) is 10.4. The van der Waals surface area contributed by atoms with Gasteiger partial charge in [-0.15, -0.1) is 0 Å². The Morgan fingerprint density at radius 2 is 1.97 bits per heavy atom. The van der Waals surface area contributed by atoms with Gasteiger partial charge >= 0.3 is 5.97 Å². The third kappa shape index (κ3) is 8.29. The monoisotopic (exact) mass is 478 g/mol. The van der Waals surface area contributed by atoms with Crippen LogP contribution in [-0.4, -0.2) is 48.9 Å². The summed E-state index contributed by atoms with van der Waals surface area (Å²) in [5.74, 6) is 0.445. The first-order chi connectivity index (χ1) is 15.7. The number of ether oxygens (including phenoxy) is 1. The van der Waals surface area contributed by atoms with Crippen molar-refractivity contribution >= 4 is 33.3 Å². The molecule has 182 valence electrons. The van der Waals surface area contributed by atoms with Gasteiger partial charge in [0.15, 0.2) is 9.84 Å². The molecule has 1 saturated carbocycles. The van der Waals surface area contributed by atoms with Crippen LogP contribution >= 0.6 is 0 Å². The standard InChI is InChI=1S/C15H18N4O4S.C8H16O/c1-4-23-14(20)11-8-17-15(19-13(11)16)18-10-5-6-12(9(2)7-10)24(3,21)22;9-7-6-8-4-2-1-3-5-8/h5-8H,4H2,1-3H3,(H3,16,17,18,19);8-9H,1-7H2. The summed E-state index contributed by atoms with van der Waals surface area (Å²) in [6, 6.07) is 4.76. The molecule has 4 N–H and O–H groups in total. The zero-order valence-electron chi connectivity index (χ0n) is 19.5. The van der Waals surface area contributed by atoms with Crippen molar-refractivity contribution in [3.63, 3.8) is 0 Å². The maximum atomic E-state index is 11.7. The lowest BCUT2D eigenvalue weighted by Gasteiger charge is -2.19. The van der Waals surface area contributed by atoms with Gasteiger partial charge in [-0.2, -0.15) is 4.98 Å². The van der Waals surface area contributed by atoms with Crippen LogP contribution in [0.5, 0.6) is 0 Å². The Bertz CT molecular complexity index is 1030. The lowest BCUT2D eigenvalue weighted by molar-refractivity contribution is 0.0526. The van der Waals surface area contributed by atoms with Crippen LogP contribution in [0.25, 0.3) is 0 Å².